The highest BCUT2D eigenvalue weighted by Gasteiger charge is 2.65. The van der Waals surface area contributed by atoms with Gasteiger partial charge in [0, 0.05) is 21.1 Å². The molecule has 0 aliphatic carbocycles. The van der Waals surface area contributed by atoms with E-state index in [0.29, 0.717) is 0 Å². The summed E-state index contributed by atoms with van der Waals surface area (Å²) < 4.78 is 14.7. The van der Waals surface area contributed by atoms with Crippen LogP contribution in [0.3, 0.4) is 0 Å². The van der Waals surface area contributed by atoms with E-state index in [9.17, 15) is 35.1 Å². The second-order valence-electron chi connectivity index (χ2n) is 5.81. The number of aliphatic hydroxyl groups excluding tert-OH is 2. The minimum Gasteiger partial charge on any atom is -0.477 e. The lowest BCUT2D eigenvalue weighted by Crippen LogP contribution is -2.77. The minimum absolute atomic E-state index is 0.634. The van der Waals surface area contributed by atoms with Gasteiger partial charge in [0.2, 0.25) is 11.7 Å². The maximum Gasteiger partial charge on any atom is 0.364 e. The van der Waals surface area contributed by atoms with Crippen LogP contribution in [0.1, 0.15) is 13.3 Å². The number of carbonyl (C=O) groups is 2. The van der Waals surface area contributed by atoms with Crippen LogP contribution in [0.2, 0.25) is 0 Å². The van der Waals surface area contributed by atoms with Crippen molar-refractivity contribution in [3.63, 3.8) is 0 Å². The Labute approximate surface area is 148 Å². The van der Waals surface area contributed by atoms with Crippen molar-refractivity contribution in [2.24, 2.45) is 0 Å². The molecule has 13 heteroatoms. The molecule has 1 amide bonds. The number of aliphatic hydroxyl groups is 5. The fourth-order valence-corrected chi connectivity index (χ4v) is 2.60. The highest BCUT2D eigenvalue weighted by atomic mass is 16.7. The number of methoxy groups -OCH3 is 2. The molecule has 0 aromatic heterocycles. The summed E-state index contributed by atoms with van der Waals surface area (Å²) in [5.74, 6) is -10.9. The Morgan fingerprint density at radius 2 is 1.96 bits per heavy atom. The van der Waals surface area contributed by atoms with Gasteiger partial charge in [-0.2, -0.15) is 0 Å². The number of carbonyl (C=O) groups excluding carboxylic acids is 1. The number of ether oxygens (including phenoxy) is 3. The van der Waals surface area contributed by atoms with Crippen molar-refractivity contribution in [3.05, 3.63) is 0 Å². The predicted octanol–water partition coefficient (Wildman–Crippen LogP) is -4.42. The smallest absolute Gasteiger partial charge is 0.364 e. The van der Waals surface area contributed by atoms with Crippen molar-refractivity contribution in [3.8, 4) is 0 Å². The lowest BCUT2D eigenvalue weighted by atomic mass is 9.84. The van der Waals surface area contributed by atoms with Crippen LogP contribution in [0.15, 0.2) is 0 Å². The molecular weight excluding hydrogens is 360 g/mol. The van der Waals surface area contributed by atoms with Crippen LogP contribution in [0.4, 0.5) is 0 Å². The Morgan fingerprint density at radius 1 is 1.38 bits per heavy atom. The average molecular weight is 384 g/mol. The van der Waals surface area contributed by atoms with Crippen molar-refractivity contribution >= 4 is 11.9 Å². The number of carboxylic acids is 1. The maximum atomic E-state index is 11.4. The summed E-state index contributed by atoms with van der Waals surface area (Å²) >= 11 is 0. The molecule has 1 heterocycles. The number of hydrogen-bond acceptors (Lipinski definition) is 11. The zero-order valence-electron chi connectivity index (χ0n) is 14.4. The SMILES string of the molecule is CO[C@@](O)([C@H](O)CO)[C@@H]1OC(O)(C(=O)O)C[C@@](O)(OC)[C@H]1NNC(C)=O. The van der Waals surface area contributed by atoms with Gasteiger partial charge in [-0.3, -0.25) is 10.2 Å². The first-order chi connectivity index (χ1) is 11.9. The molecule has 0 spiro atoms. The molecule has 0 saturated carbocycles. The molecule has 13 nitrogen and oxygen atoms in total. The van der Waals surface area contributed by atoms with E-state index in [2.05, 4.69) is 10.9 Å². The van der Waals surface area contributed by atoms with Crippen molar-refractivity contribution in [2.75, 3.05) is 20.8 Å². The van der Waals surface area contributed by atoms with Gasteiger partial charge in [0.25, 0.3) is 5.79 Å². The molecule has 152 valence electrons. The molecule has 1 unspecified atom stereocenters. The van der Waals surface area contributed by atoms with Gasteiger partial charge in [-0.15, -0.1) is 0 Å². The van der Waals surface area contributed by atoms with E-state index in [4.69, 9.17) is 19.3 Å². The number of amides is 1. The number of hydrazine groups is 1. The number of rotatable bonds is 8. The van der Waals surface area contributed by atoms with Crippen LogP contribution in [-0.2, 0) is 23.8 Å². The van der Waals surface area contributed by atoms with Crippen molar-refractivity contribution < 1.29 is 54.4 Å². The first-order valence-electron chi connectivity index (χ1n) is 7.40. The Bertz CT molecular complexity index is 534. The molecule has 1 fully saturated rings. The van der Waals surface area contributed by atoms with Crippen LogP contribution < -0.4 is 10.9 Å². The number of hydrogen-bond donors (Lipinski definition) is 8. The third-order valence-electron chi connectivity index (χ3n) is 4.08. The zero-order valence-corrected chi connectivity index (χ0v) is 14.4. The average Bonchev–Trinajstić information content (AvgIpc) is 2.58. The van der Waals surface area contributed by atoms with Gasteiger partial charge in [-0.1, -0.05) is 0 Å². The lowest BCUT2D eigenvalue weighted by Gasteiger charge is -2.52. The van der Waals surface area contributed by atoms with E-state index in [1.807, 2.05) is 0 Å². The van der Waals surface area contributed by atoms with E-state index in [1.54, 1.807) is 0 Å². The van der Waals surface area contributed by atoms with Crippen LogP contribution in [-0.4, -0.2) is 99.0 Å². The van der Waals surface area contributed by atoms with Gasteiger partial charge in [0.15, 0.2) is 5.79 Å². The van der Waals surface area contributed by atoms with Gasteiger partial charge < -0.3 is 44.8 Å². The molecular formula is C13H24N2O11. The van der Waals surface area contributed by atoms with Crippen LogP contribution >= 0.6 is 0 Å². The second-order valence-corrected chi connectivity index (χ2v) is 5.81. The van der Waals surface area contributed by atoms with E-state index >= 15 is 0 Å². The van der Waals surface area contributed by atoms with Crippen LogP contribution in [0, 0.1) is 0 Å². The summed E-state index contributed by atoms with van der Waals surface area (Å²) in [5.41, 5.74) is 4.37. The van der Waals surface area contributed by atoms with Crippen molar-refractivity contribution in [1.82, 2.24) is 10.9 Å². The predicted molar refractivity (Wildman–Crippen MR) is 79.8 cm³/mol. The summed E-state index contributed by atoms with van der Waals surface area (Å²) in [6, 6.07) is -1.65. The number of nitrogens with one attached hydrogen (secondary N) is 2. The van der Waals surface area contributed by atoms with Gasteiger partial charge in [-0.25, -0.2) is 10.2 Å². The van der Waals surface area contributed by atoms with Gasteiger partial charge in [0.05, 0.1) is 13.0 Å². The van der Waals surface area contributed by atoms with E-state index in [0.717, 1.165) is 21.1 Å². The standard InChI is InChI=1S/C13H24N2O11/c1-6(17)14-15-8-9(13(23,25-3)7(18)4-16)26-12(22,10(19)20)5-11(8,21)24-2/h7-9,15-16,18,21-23H,4-5H2,1-3H3,(H,14,17)(H,19,20)/t7-,8+,9-,11-,12?,13+/m1/s1. The molecule has 8 N–H and O–H groups in total. The summed E-state index contributed by atoms with van der Waals surface area (Å²) in [5, 5.41) is 59.8. The van der Waals surface area contributed by atoms with Gasteiger partial charge >= 0.3 is 5.97 Å². The largest absolute Gasteiger partial charge is 0.477 e. The normalized spacial score (nSPS) is 35.4. The molecule has 1 aliphatic heterocycles. The molecule has 1 aliphatic rings. The summed E-state index contributed by atoms with van der Waals surface area (Å²) in [6.45, 7) is 0.0597. The Balaban J connectivity index is 3.47. The van der Waals surface area contributed by atoms with Gasteiger partial charge in [0.1, 0.15) is 18.2 Å². The number of carboxylic acid groups (broad SMARTS) is 1. The van der Waals surface area contributed by atoms with Crippen LogP contribution in [0.25, 0.3) is 0 Å². The molecule has 0 aromatic rings. The Hall–Kier alpha value is -1.42. The van der Waals surface area contributed by atoms with Crippen molar-refractivity contribution in [2.45, 2.75) is 49.0 Å². The first kappa shape index (κ1) is 22.6. The quantitative estimate of drug-likeness (QED) is 0.147. The Morgan fingerprint density at radius 3 is 2.35 bits per heavy atom. The second kappa shape index (κ2) is 8.08. The van der Waals surface area contributed by atoms with E-state index < -0.39 is 60.5 Å². The van der Waals surface area contributed by atoms with Crippen LogP contribution in [0.5, 0.6) is 0 Å². The molecule has 1 rings (SSSR count). The van der Waals surface area contributed by atoms with E-state index in [1.165, 1.54) is 0 Å². The zero-order chi connectivity index (χ0) is 20.3. The summed E-state index contributed by atoms with van der Waals surface area (Å²) in [4.78, 5) is 22.6. The van der Waals surface area contributed by atoms with Crippen molar-refractivity contribution in [1.29, 1.82) is 0 Å². The monoisotopic (exact) mass is 384 g/mol. The maximum absolute atomic E-state index is 11.4. The topological polar surface area (TPSA) is 207 Å². The molecule has 26 heavy (non-hydrogen) atoms. The highest BCUT2D eigenvalue weighted by Crippen LogP contribution is 2.40. The summed E-state index contributed by atoms with van der Waals surface area (Å²) in [6.07, 6.45) is -5.12. The Kier molecular flexibility index (Phi) is 7.03. The fourth-order valence-electron chi connectivity index (χ4n) is 2.60. The molecule has 0 aromatic carbocycles. The summed E-state index contributed by atoms with van der Waals surface area (Å²) in [7, 11) is 1.87. The first-order valence-corrected chi connectivity index (χ1v) is 7.40. The minimum atomic E-state index is -3.05. The van der Waals surface area contributed by atoms with Gasteiger partial charge in [-0.05, 0) is 0 Å². The lowest BCUT2D eigenvalue weighted by molar-refractivity contribution is -0.403. The highest BCUT2D eigenvalue weighted by molar-refractivity contribution is 5.75. The third kappa shape index (κ3) is 4.11. The fraction of sp³-hybridized carbons (Fsp3) is 0.846. The third-order valence-corrected chi connectivity index (χ3v) is 4.08. The van der Waals surface area contributed by atoms with E-state index in [-0.39, 0.29) is 0 Å². The number of aliphatic carboxylic acids is 1. The molecule has 1 saturated heterocycles. The molecule has 0 radical (unpaired) electrons. The molecule has 0 bridgehead atoms. The molecule has 6 atom stereocenters.